The molecule has 0 saturated carbocycles. The number of hydrogen-bond acceptors (Lipinski definition) is 5. The van der Waals surface area contributed by atoms with Crippen LogP contribution in [0.5, 0.6) is 0 Å². The first kappa shape index (κ1) is 20.2. The molecule has 0 atom stereocenters. The molecular formula is C19H19F2N5O3. The van der Waals surface area contributed by atoms with E-state index >= 15 is 0 Å². The molecule has 0 spiro atoms. The third-order valence-corrected chi connectivity index (χ3v) is 3.97. The van der Waals surface area contributed by atoms with Crippen molar-refractivity contribution in [3.63, 3.8) is 0 Å². The van der Waals surface area contributed by atoms with Crippen LogP contribution in [0.15, 0.2) is 42.6 Å². The molecule has 1 N–H and O–H groups in total. The number of benzene rings is 1. The molecule has 3 aromatic rings. The van der Waals surface area contributed by atoms with Crippen LogP contribution in [0.1, 0.15) is 35.1 Å². The first-order valence-electron chi connectivity index (χ1n) is 8.83. The van der Waals surface area contributed by atoms with Crippen molar-refractivity contribution in [1.29, 1.82) is 0 Å². The SMILES string of the molecule is CCOC(=O)c1cnn(-c2ccccc2)c1NC(=O)Cn1nc(C)cc1C(F)F. The van der Waals surface area contributed by atoms with E-state index in [0.717, 1.165) is 4.68 Å². The van der Waals surface area contributed by atoms with E-state index in [2.05, 4.69) is 15.5 Å². The van der Waals surface area contributed by atoms with Gasteiger partial charge < -0.3 is 10.1 Å². The molecule has 0 aliphatic carbocycles. The predicted molar refractivity (Wildman–Crippen MR) is 100 cm³/mol. The summed E-state index contributed by atoms with van der Waals surface area (Å²) in [6.45, 7) is 2.91. The van der Waals surface area contributed by atoms with Gasteiger partial charge in [0.1, 0.15) is 17.8 Å². The van der Waals surface area contributed by atoms with E-state index in [4.69, 9.17) is 4.74 Å². The highest BCUT2D eigenvalue weighted by molar-refractivity contribution is 6.00. The Kier molecular flexibility index (Phi) is 6.01. The number of para-hydroxylation sites is 1. The number of hydrogen-bond donors (Lipinski definition) is 1. The Balaban J connectivity index is 1.91. The Bertz CT molecular complexity index is 1010. The van der Waals surface area contributed by atoms with E-state index < -0.39 is 24.8 Å². The second-order valence-corrected chi connectivity index (χ2v) is 6.09. The van der Waals surface area contributed by atoms with Gasteiger partial charge in [0.25, 0.3) is 6.43 Å². The largest absolute Gasteiger partial charge is 0.462 e. The maximum absolute atomic E-state index is 13.1. The fraction of sp³-hybridized carbons (Fsp3) is 0.263. The number of aryl methyl sites for hydroxylation is 1. The molecule has 29 heavy (non-hydrogen) atoms. The average Bonchev–Trinajstić information content (AvgIpc) is 3.26. The molecule has 0 aliphatic heterocycles. The Morgan fingerprint density at radius 1 is 1.24 bits per heavy atom. The van der Waals surface area contributed by atoms with Crippen molar-refractivity contribution in [2.75, 3.05) is 11.9 Å². The molecule has 1 aromatic carbocycles. The van der Waals surface area contributed by atoms with Gasteiger partial charge in [-0.05, 0) is 32.0 Å². The summed E-state index contributed by atoms with van der Waals surface area (Å²) < 4.78 is 33.6. The van der Waals surface area contributed by atoms with Crippen LogP contribution >= 0.6 is 0 Å². The minimum absolute atomic E-state index is 0.0507. The van der Waals surface area contributed by atoms with E-state index in [1.807, 2.05) is 6.07 Å². The van der Waals surface area contributed by atoms with E-state index in [9.17, 15) is 18.4 Å². The van der Waals surface area contributed by atoms with Crippen molar-refractivity contribution < 1.29 is 23.1 Å². The Morgan fingerprint density at radius 3 is 2.62 bits per heavy atom. The number of anilines is 1. The molecule has 2 heterocycles. The second kappa shape index (κ2) is 8.63. The monoisotopic (exact) mass is 403 g/mol. The number of nitrogens with one attached hydrogen (secondary N) is 1. The number of aromatic nitrogens is 4. The van der Waals surface area contributed by atoms with Crippen molar-refractivity contribution in [1.82, 2.24) is 19.6 Å². The van der Waals surface area contributed by atoms with Gasteiger partial charge in [-0.15, -0.1) is 0 Å². The average molecular weight is 403 g/mol. The number of esters is 1. The van der Waals surface area contributed by atoms with Crippen LogP contribution in [-0.4, -0.2) is 38.0 Å². The number of ether oxygens (including phenoxy) is 1. The first-order valence-corrected chi connectivity index (χ1v) is 8.83. The molecule has 0 aliphatic rings. The second-order valence-electron chi connectivity index (χ2n) is 6.09. The van der Waals surface area contributed by atoms with Gasteiger partial charge in [-0.2, -0.15) is 10.2 Å². The van der Waals surface area contributed by atoms with Gasteiger partial charge in [-0.1, -0.05) is 18.2 Å². The zero-order valence-electron chi connectivity index (χ0n) is 15.8. The number of rotatable bonds is 7. The first-order chi connectivity index (χ1) is 13.9. The molecule has 2 aromatic heterocycles. The van der Waals surface area contributed by atoms with E-state index in [0.29, 0.717) is 11.4 Å². The zero-order valence-corrected chi connectivity index (χ0v) is 15.8. The normalized spacial score (nSPS) is 10.9. The highest BCUT2D eigenvalue weighted by atomic mass is 19.3. The summed E-state index contributed by atoms with van der Waals surface area (Å²) in [5.41, 5.74) is 0.658. The summed E-state index contributed by atoms with van der Waals surface area (Å²) in [5, 5.41) is 10.7. The van der Waals surface area contributed by atoms with Crippen molar-refractivity contribution in [3.05, 3.63) is 59.5 Å². The van der Waals surface area contributed by atoms with Crippen LogP contribution in [0.4, 0.5) is 14.6 Å². The highest BCUT2D eigenvalue weighted by Crippen LogP contribution is 2.22. The van der Waals surface area contributed by atoms with E-state index in [-0.39, 0.29) is 23.7 Å². The molecule has 0 fully saturated rings. The van der Waals surface area contributed by atoms with Crippen molar-refractivity contribution in [3.8, 4) is 5.69 Å². The molecule has 3 rings (SSSR count). The fourth-order valence-corrected chi connectivity index (χ4v) is 2.77. The molecule has 0 unspecified atom stereocenters. The quantitative estimate of drug-likeness (QED) is 0.612. The minimum atomic E-state index is -2.77. The number of nitrogens with zero attached hydrogens (tertiary/aromatic N) is 4. The number of carbonyl (C=O) groups excluding carboxylic acids is 2. The smallest absolute Gasteiger partial charge is 0.343 e. The van der Waals surface area contributed by atoms with Crippen molar-refractivity contribution in [2.45, 2.75) is 26.8 Å². The fourth-order valence-electron chi connectivity index (χ4n) is 2.77. The predicted octanol–water partition coefficient (Wildman–Crippen LogP) is 3.13. The van der Waals surface area contributed by atoms with Crippen LogP contribution in [-0.2, 0) is 16.1 Å². The third-order valence-electron chi connectivity index (χ3n) is 3.97. The highest BCUT2D eigenvalue weighted by Gasteiger charge is 2.23. The van der Waals surface area contributed by atoms with Crippen LogP contribution in [0.2, 0.25) is 0 Å². The van der Waals surface area contributed by atoms with Gasteiger partial charge in [0.2, 0.25) is 5.91 Å². The summed E-state index contributed by atoms with van der Waals surface area (Å²) in [5.74, 6) is -1.21. The van der Waals surface area contributed by atoms with Crippen molar-refractivity contribution >= 4 is 17.7 Å². The molecule has 152 valence electrons. The lowest BCUT2D eigenvalue weighted by Gasteiger charge is -2.12. The van der Waals surface area contributed by atoms with Crippen molar-refractivity contribution in [2.24, 2.45) is 0 Å². The van der Waals surface area contributed by atoms with Crippen LogP contribution in [0, 0.1) is 6.92 Å². The molecule has 0 saturated heterocycles. The van der Waals surface area contributed by atoms with Gasteiger partial charge in [-0.25, -0.2) is 18.3 Å². The summed E-state index contributed by atoms with van der Waals surface area (Å²) in [7, 11) is 0. The number of halogens is 2. The minimum Gasteiger partial charge on any atom is -0.462 e. The number of alkyl halides is 2. The molecular weight excluding hydrogens is 384 g/mol. The zero-order chi connectivity index (χ0) is 21.0. The maximum atomic E-state index is 13.1. The summed E-state index contributed by atoms with van der Waals surface area (Å²) in [4.78, 5) is 24.8. The van der Waals surface area contributed by atoms with Crippen LogP contribution in [0.25, 0.3) is 5.69 Å². The summed E-state index contributed by atoms with van der Waals surface area (Å²) in [6.07, 6.45) is -1.49. The maximum Gasteiger partial charge on any atom is 0.343 e. The van der Waals surface area contributed by atoms with Crippen LogP contribution in [0.3, 0.4) is 0 Å². The van der Waals surface area contributed by atoms with Gasteiger partial charge in [-0.3, -0.25) is 9.48 Å². The third kappa shape index (κ3) is 4.48. The van der Waals surface area contributed by atoms with E-state index in [1.54, 1.807) is 38.1 Å². The molecule has 10 heteroatoms. The number of carbonyl (C=O) groups is 2. The van der Waals surface area contributed by atoms with Gasteiger partial charge >= 0.3 is 5.97 Å². The summed E-state index contributed by atoms with van der Waals surface area (Å²) >= 11 is 0. The Labute approximate surface area is 165 Å². The molecule has 8 nitrogen and oxygen atoms in total. The standard InChI is InChI=1S/C19H19F2N5O3/c1-3-29-19(28)14-10-22-26(13-7-5-4-6-8-13)18(14)23-16(27)11-25-15(17(20)21)9-12(2)24-25/h4-10,17H,3,11H2,1-2H3,(H,23,27). The van der Waals surface area contributed by atoms with Gasteiger partial charge in [0, 0.05) is 0 Å². The Morgan fingerprint density at radius 2 is 1.97 bits per heavy atom. The number of amides is 1. The molecule has 1 amide bonds. The lowest BCUT2D eigenvalue weighted by Crippen LogP contribution is -2.24. The Hall–Kier alpha value is -3.56. The molecule has 0 radical (unpaired) electrons. The van der Waals surface area contributed by atoms with Gasteiger partial charge in [0.05, 0.1) is 24.2 Å². The topological polar surface area (TPSA) is 91.0 Å². The summed E-state index contributed by atoms with van der Waals surface area (Å²) in [6, 6.07) is 10.1. The van der Waals surface area contributed by atoms with Gasteiger partial charge in [0.15, 0.2) is 5.82 Å². The lowest BCUT2D eigenvalue weighted by molar-refractivity contribution is -0.117. The van der Waals surface area contributed by atoms with Crippen LogP contribution < -0.4 is 5.32 Å². The molecule has 0 bridgehead atoms. The van der Waals surface area contributed by atoms with E-state index in [1.165, 1.54) is 16.9 Å². The lowest BCUT2D eigenvalue weighted by atomic mass is 10.3.